The molecule has 0 bridgehead atoms. The van der Waals surface area contributed by atoms with Gasteiger partial charge in [0.2, 0.25) is 0 Å². The molecule has 0 heterocycles. The fourth-order valence-electron chi connectivity index (χ4n) is 0. The van der Waals surface area contributed by atoms with Crippen LogP contribution in [0.3, 0.4) is 0 Å². The van der Waals surface area contributed by atoms with Crippen molar-refractivity contribution in [3.63, 3.8) is 0 Å². The lowest BCUT2D eigenvalue weighted by Crippen LogP contribution is -2.15. The van der Waals surface area contributed by atoms with E-state index in [2.05, 4.69) is 0 Å². The molecule has 1 heteroatoms. The van der Waals surface area contributed by atoms with Crippen LogP contribution in [0.25, 0.3) is 0 Å². The Morgan fingerprint density at radius 1 is 1.67 bits per heavy atom. The minimum atomic E-state index is -2.03. The van der Waals surface area contributed by atoms with Crippen LogP contribution in [0.4, 0.5) is 0 Å². The first-order valence-electron chi connectivity index (χ1n) is 3.36. The van der Waals surface area contributed by atoms with Crippen LogP contribution < -0.4 is 0 Å². The summed E-state index contributed by atoms with van der Waals surface area (Å²) in [6.07, 6.45) is 0. The lowest BCUT2D eigenvalue weighted by molar-refractivity contribution is 0.0397. The second-order valence-corrected chi connectivity index (χ2v) is 1.71. The van der Waals surface area contributed by atoms with Crippen molar-refractivity contribution in [3.05, 3.63) is 0 Å². The van der Waals surface area contributed by atoms with Gasteiger partial charge in [0.1, 0.15) is 0 Å². The molecule has 1 nitrogen and oxygen atoms in total. The Balaban J connectivity index is 4.14. The first-order chi connectivity index (χ1) is 3.81. The summed E-state index contributed by atoms with van der Waals surface area (Å²) in [6, 6.07) is 0. The summed E-state index contributed by atoms with van der Waals surface area (Å²) in [5, 5.41) is 0. The van der Waals surface area contributed by atoms with Gasteiger partial charge in [-0.3, -0.25) is 0 Å². The molecule has 0 saturated carbocycles. The van der Waals surface area contributed by atoms with Gasteiger partial charge in [-0.25, -0.2) is 0 Å². The predicted octanol–water partition coefficient (Wildman–Crippen LogP) is 1.43. The zero-order chi connectivity index (χ0) is 7.71. The van der Waals surface area contributed by atoms with Gasteiger partial charge in [0.05, 0.1) is 5.60 Å². The molecule has 0 aromatic heterocycles. The SMILES string of the molecule is [2H]C([2H])([2H])C(C)(C)OC. The minimum Gasteiger partial charge on any atom is -0.379 e. The van der Waals surface area contributed by atoms with Crippen LogP contribution >= 0.6 is 0 Å². The summed E-state index contributed by atoms with van der Waals surface area (Å²) >= 11 is 0. The lowest BCUT2D eigenvalue weighted by atomic mass is 10.2. The van der Waals surface area contributed by atoms with Gasteiger partial charge in [0.15, 0.2) is 0 Å². The van der Waals surface area contributed by atoms with Crippen molar-refractivity contribution < 1.29 is 8.85 Å². The van der Waals surface area contributed by atoms with Gasteiger partial charge in [0, 0.05) is 11.2 Å². The number of rotatable bonds is 0. The van der Waals surface area contributed by atoms with Gasteiger partial charge in [-0.1, -0.05) is 0 Å². The van der Waals surface area contributed by atoms with Gasteiger partial charge < -0.3 is 4.74 Å². The standard InChI is InChI=1S/C5H12O/c1-5(2,3)6-4/h1-4H3/i1D3. The van der Waals surface area contributed by atoms with E-state index in [1.807, 2.05) is 0 Å². The lowest BCUT2D eigenvalue weighted by Gasteiger charge is -2.14. The van der Waals surface area contributed by atoms with Crippen LogP contribution in [0.15, 0.2) is 0 Å². The van der Waals surface area contributed by atoms with E-state index in [-0.39, 0.29) is 0 Å². The largest absolute Gasteiger partial charge is 0.379 e. The Morgan fingerprint density at radius 2 is 2.17 bits per heavy atom. The van der Waals surface area contributed by atoms with E-state index in [0.717, 1.165) is 0 Å². The smallest absolute Gasteiger partial charge is 0.0594 e. The van der Waals surface area contributed by atoms with Crippen LogP contribution in [0.5, 0.6) is 0 Å². The molecular formula is C5H12O. The first-order valence-corrected chi connectivity index (χ1v) is 1.86. The summed E-state index contributed by atoms with van der Waals surface area (Å²) in [5.41, 5.74) is -1.02. The van der Waals surface area contributed by atoms with Crippen LogP contribution in [0.2, 0.25) is 0 Å². The third-order valence-electron chi connectivity index (χ3n) is 0.510. The van der Waals surface area contributed by atoms with Crippen LogP contribution in [-0.4, -0.2) is 12.7 Å². The Kier molecular flexibility index (Phi) is 0.619. The average molecular weight is 91.2 g/mol. The predicted molar refractivity (Wildman–Crippen MR) is 26.8 cm³/mol. The Labute approximate surface area is 43.5 Å². The maximum atomic E-state index is 6.94. The molecule has 0 rings (SSSR count). The molecule has 0 aromatic rings. The second kappa shape index (κ2) is 1.61. The average Bonchev–Trinajstić information content (AvgIpc) is 1.64. The Hall–Kier alpha value is -0.0400. The van der Waals surface area contributed by atoms with E-state index in [4.69, 9.17) is 8.85 Å². The number of hydrogen-bond donors (Lipinski definition) is 0. The molecule has 38 valence electrons. The van der Waals surface area contributed by atoms with Gasteiger partial charge in [-0.2, -0.15) is 0 Å². The molecular weight excluding hydrogens is 76.1 g/mol. The highest BCUT2D eigenvalue weighted by Gasteiger charge is 2.03. The number of hydrogen-bond acceptors (Lipinski definition) is 1. The monoisotopic (exact) mass is 91.1 g/mol. The minimum absolute atomic E-state index is 1.02. The topological polar surface area (TPSA) is 9.23 Å². The van der Waals surface area contributed by atoms with E-state index in [0.29, 0.717) is 0 Å². The van der Waals surface area contributed by atoms with Crippen molar-refractivity contribution >= 4 is 0 Å². The third-order valence-corrected chi connectivity index (χ3v) is 0.510. The highest BCUT2D eigenvalue weighted by atomic mass is 16.5. The van der Waals surface area contributed by atoms with Crippen molar-refractivity contribution in [2.75, 3.05) is 7.11 Å². The van der Waals surface area contributed by atoms with Gasteiger partial charge in [-0.05, 0) is 20.7 Å². The van der Waals surface area contributed by atoms with Crippen molar-refractivity contribution in [3.8, 4) is 0 Å². The zero-order valence-corrected chi connectivity index (χ0v) is 4.41. The third kappa shape index (κ3) is 3.96. The molecule has 0 atom stereocenters. The fraction of sp³-hybridized carbons (Fsp3) is 1.00. The normalized spacial score (nSPS) is 21.5. The van der Waals surface area contributed by atoms with Crippen molar-refractivity contribution in [2.24, 2.45) is 0 Å². The molecule has 0 unspecified atom stereocenters. The second-order valence-electron chi connectivity index (χ2n) is 1.71. The molecule has 6 heavy (non-hydrogen) atoms. The summed E-state index contributed by atoms with van der Waals surface area (Å²) in [7, 11) is 1.40. The Bertz CT molecular complexity index is 94.9. The molecule has 0 saturated heterocycles. The molecule has 0 aliphatic heterocycles. The summed E-state index contributed by atoms with van der Waals surface area (Å²) in [6.45, 7) is 1.06. The molecule has 0 radical (unpaired) electrons. The summed E-state index contributed by atoms with van der Waals surface area (Å²) in [4.78, 5) is 0. The molecule has 0 aromatic carbocycles. The van der Waals surface area contributed by atoms with E-state index in [1.165, 1.54) is 7.11 Å². The summed E-state index contributed by atoms with van der Waals surface area (Å²) in [5.74, 6) is 0. The highest BCUT2D eigenvalue weighted by molar-refractivity contribution is 4.55. The number of methoxy groups -OCH3 is 1. The van der Waals surface area contributed by atoms with Crippen molar-refractivity contribution in [1.82, 2.24) is 0 Å². The zero-order valence-electron chi connectivity index (χ0n) is 7.41. The maximum Gasteiger partial charge on any atom is 0.0594 e. The van der Waals surface area contributed by atoms with Crippen molar-refractivity contribution in [2.45, 2.75) is 26.3 Å². The van der Waals surface area contributed by atoms with Gasteiger partial charge in [0.25, 0.3) is 0 Å². The molecule has 0 amide bonds. The highest BCUT2D eigenvalue weighted by Crippen LogP contribution is 2.02. The van der Waals surface area contributed by atoms with Gasteiger partial charge in [-0.15, -0.1) is 0 Å². The molecule has 0 N–H and O–H groups in total. The molecule has 0 aliphatic rings. The van der Waals surface area contributed by atoms with Crippen LogP contribution in [-0.2, 0) is 4.74 Å². The van der Waals surface area contributed by atoms with Crippen LogP contribution in [0, 0.1) is 0 Å². The van der Waals surface area contributed by atoms with Crippen molar-refractivity contribution in [1.29, 1.82) is 0 Å². The van der Waals surface area contributed by atoms with E-state index in [1.54, 1.807) is 13.8 Å². The molecule has 0 aliphatic carbocycles. The Morgan fingerprint density at radius 3 is 2.17 bits per heavy atom. The van der Waals surface area contributed by atoms with Gasteiger partial charge >= 0.3 is 0 Å². The van der Waals surface area contributed by atoms with E-state index in [9.17, 15) is 0 Å². The molecule has 0 spiro atoms. The van der Waals surface area contributed by atoms with E-state index >= 15 is 0 Å². The van der Waals surface area contributed by atoms with Crippen LogP contribution in [0.1, 0.15) is 24.8 Å². The maximum absolute atomic E-state index is 6.94. The fourth-order valence-corrected chi connectivity index (χ4v) is 0. The summed E-state index contributed by atoms with van der Waals surface area (Å²) < 4.78 is 25.6. The quantitative estimate of drug-likeness (QED) is 0.438. The van der Waals surface area contributed by atoms with E-state index < -0.39 is 12.5 Å². The number of ether oxygens (including phenoxy) is 1. The first kappa shape index (κ1) is 2.31. The molecule has 0 fully saturated rings.